The van der Waals surface area contributed by atoms with Crippen LogP contribution in [0.15, 0.2) is 18.5 Å². The highest BCUT2D eigenvalue weighted by Gasteiger charge is 2.27. The number of imidazole rings is 1. The summed E-state index contributed by atoms with van der Waals surface area (Å²) in [4.78, 5) is 21.0. The Balaban J connectivity index is 1.72. The molecule has 1 saturated heterocycles. The van der Waals surface area contributed by atoms with Crippen LogP contribution in [0.4, 0.5) is 0 Å². The van der Waals surface area contributed by atoms with E-state index < -0.39 is 10.0 Å². The van der Waals surface area contributed by atoms with Gasteiger partial charge in [-0.2, -0.15) is 0 Å². The molecule has 0 spiro atoms. The van der Waals surface area contributed by atoms with Crippen LogP contribution in [0.3, 0.4) is 0 Å². The Labute approximate surface area is 134 Å². The standard InChI is InChI=1S/C14H19N5O3S/c1-10-12(19-7-3-6-15-14(19)16-10)13(20)17-11-4-8-18(9-5-11)23(2,21)22/h3,6-7,11H,4-5,8-9H2,1-2H3,(H,17,20). The quantitative estimate of drug-likeness (QED) is 0.862. The summed E-state index contributed by atoms with van der Waals surface area (Å²) in [7, 11) is -3.16. The number of nitrogens with one attached hydrogen (secondary N) is 1. The fourth-order valence-corrected chi connectivity index (χ4v) is 3.73. The number of sulfonamides is 1. The van der Waals surface area contributed by atoms with Gasteiger partial charge in [0.05, 0.1) is 11.9 Å². The van der Waals surface area contributed by atoms with Crippen molar-refractivity contribution in [1.29, 1.82) is 0 Å². The molecule has 3 heterocycles. The number of aromatic nitrogens is 3. The first-order chi connectivity index (χ1) is 10.9. The molecule has 3 rings (SSSR count). The molecule has 0 saturated carbocycles. The third-order valence-corrected chi connectivity index (χ3v) is 5.35. The molecule has 9 heteroatoms. The van der Waals surface area contributed by atoms with Gasteiger partial charge in [-0.05, 0) is 25.8 Å². The lowest BCUT2D eigenvalue weighted by Gasteiger charge is -2.30. The van der Waals surface area contributed by atoms with Crippen molar-refractivity contribution in [1.82, 2.24) is 24.0 Å². The predicted molar refractivity (Wildman–Crippen MR) is 84.6 cm³/mol. The van der Waals surface area contributed by atoms with Crippen molar-refractivity contribution in [3.8, 4) is 0 Å². The summed E-state index contributed by atoms with van der Waals surface area (Å²) in [5.74, 6) is 0.280. The van der Waals surface area contributed by atoms with E-state index in [0.717, 1.165) is 0 Å². The van der Waals surface area contributed by atoms with E-state index in [0.29, 0.717) is 43.1 Å². The van der Waals surface area contributed by atoms with E-state index in [2.05, 4.69) is 15.3 Å². The number of hydrogen-bond donors (Lipinski definition) is 1. The molecule has 23 heavy (non-hydrogen) atoms. The number of amides is 1. The van der Waals surface area contributed by atoms with Gasteiger partial charge in [0.25, 0.3) is 5.91 Å². The van der Waals surface area contributed by atoms with Crippen molar-refractivity contribution in [2.24, 2.45) is 0 Å². The van der Waals surface area contributed by atoms with Gasteiger partial charge in [0, 0.05) is 31.5 Å². The molecule has 0 unspecified atom stereocenters. The minimum Gasteiger partial charge on any atom is -0.348 e. The van der Waals surface area contributed by atoms with Crippen molar-refractivity contribution < 1.29 is 13.2 Å². The minimum absolute atomic E-state index is 0.0397. The number of nitrogens with zero attached hydrogens (tertiary/aromatic N) is 4. The maximum absolute atomic E-state index is 12.6. The average Bonchev–Trinajstić information content (AvgIpc) is 2.82. The molecule has 1 aliphatic heterocycles. The molecule has 0 aliphatic carbocycles. The molecule has 2 aromatic rings. The van der Waals surface area contributed by atoms with E-state index in [1.54, 1.807) is 29.8 Å². The topological polar surface area (TPSA) is 96.7 Å². The van der Waals surface area contributed by atoms with E-state index in [1.165, 1.54) is 10.6 Å². The largest absolute Gasteiger partial charge is 0.348 e. The molecule has 1 amide bonds. The smallest absolute Gasteiger partial charge is 0.270 e. The number of carbonyl (C=O) groups is 1. The van der Waals surface area contributed by atoms with Gasteiger partial charge in [-0.15, -0.1) is 0 Å². The fraction of sp³-hybridized carbons (Fsp3) is 0.500. The van der Waals surface area contributed by atoms with Crippen LogP contribution in [0.2, 0.25) is 0 Å². The van der Waals surface area contributed by atoms with Crippen LogP contribution in [-0.4, -0.2) is 58.4 Å². The number of carbonyl (C=O) groups excluding carboxylic acids is 1. The van der Waals surface area contributed by atoms with Crippen molar-refractivity contribution in [3.05, 3.63) is 29.8 Å². The minimum atomic E-state index is -3.16. The van der Waals surface area contributed by atoms with Gasteiger partial charge in [0.1, 0.15) is 5.69 Å². The van der Waals surface area contributed by atoms with Crippen LogP contribution >= 0.6 is 0 Å². The third-order valence-electron chi connectivity index (χ3n) is 4.05. The Morgan fingerprint density at radius 3 is 2.70 bits per heavy atom. The van der Waals surface area contributed by atoms with Crippen LogP contribution in [0, 0.1) is 6.92 Å². The number of aryl methyl sites for hydroxylation is 1. The molecule has 124 valence electrons. The first-order valence-electron chi connectivity index (χ1n) is 7.42. The highest BCUT2D eigenvalue weighted by Crippen LogP contribution is 2.15. The number of hydrogen-bond acceptors (Lipinski definition) is 5. The molecule has 1 N–H and O–H groups in total. The molecule has 8 nitrogen and oxygen atoms in total. The summed E-state index contributed by atoms with van der Waals surface area (Å²) < 4.78 is 26.1. The second kappa shape index (κ2) is 5.89. The highest BCUT2D eigenvalue weighted by atomic mass is 32.2. The maximum atomic E-state index is 12.6. The summed E-state index contributed by atoms with van der Waals surface area (Å²) in [6.07, 6.45) is 5.80. The summed E-state index contributed by atoms with van der Waals surface area (Å²) in [6, 6.07) is 1.71. The first-order valence-corrected chi connectivity index (χ1v) is 9.27. The normalized spacial score (nSPS) is 17.5. The summed E-state index contributed by atoms with van der Waals surface area (Å²) in [5.41, 5.74) is 1.09. The predicted octanol–water partition coefficient (Wildman–Crippen LogP) is 0.192. The van der Waals surface area contributed by atoms with Gasteiger partial charge in [0.15, 0.2) is 0 Å². The van der Waals surface area contributed by atoms with Crippen LogP contribution in [-0.2, 0) is 10.0 Å². The van der Waals surface area contributed by atoms with E-state index in [-0.39, 0.29) is 11.9 Å². The monoisotopic (exact) mass is 337 g/mol. The summed E-state index contributed by atoms with van der Waals surface area (Å²) in [6.45, 7) is 2.63. The molecule has 0 radical (unpaired) electrons. The molecular weight excluding hydrogens is 318 g/mol. The highest BCUT2D eigenvalue weighted by molar-refractivity contribution is 7.88. The van der Waals surface area contributed by atoms with Crippen molar-refractivity contribution >= 4 is 21.7 Å². The zero-order valence-corrected chi connectivity index (χ0v) is 13.9. The molecular formula is C14H19N5O3S. The van der Waals surface area contributed by atoms with Crippen LogP contribution in [0.5, 0.6) is 0 Å². The Hall–Kier alpha value is -2.00. The lowest BCUT2D eigenvalue weighted by Crippen LogP contribution is -2.46. The van der Waals surface area contributed by atoms with Crippen molar-refractivity contribution in [2.75, 3.05) is 19.3 Å². The van der Waals surface area contributed by atoms with E-state index >= 15 is 0 Å². The maximum Gasteiger partial charge on any atom is 0.270 e. The molecule has 1 aliphatic rings. The Bertz CT molecular complexity index is 837. The number of fused-ring (bicyclic) bond motifs is 1. The molecule has 0 atom stereocenters. The SMILES string of the molecule is Cc1nc2ncccn2c1C(=O)NC1CCN(S(C)(=O)=O)CC1. The Morgan fingerprint density at radius 1 is 1.35 bits per heavy atom. The molecule has 1 fully saturated rings. The van der Waals surface area contributed by atoms with Gasteiger partial charge in [0.2, 0.25) is 15.8 Å². The second-order valence-electron chi connectivity index (χ2n) is 5.75. The van der Waals surface area contributed by atoms with Gasteiger partial charge < -0.3 is 5.32 Å². The number of rotatable bonds is 3. The van der Waals surface area contributed by atoms with Gasteiger partial charge in [-0.1, -0.05) is 0 Å². The van der Waals surface area contributed by atoms with Crippen molar-refractivity contribution in [2.45, 2.75) is 25.8 Å². The zero-order chi connectivity index (χ0) is 16.6. The van der Waals surface area contributed by atoms with Gasteiger partial charge in [-0.3, -0.25) is 9.20 Å². The van der Waals surface area contributed by atoms with Gasteiger partial charge >= 0.3 is 0 Å². The van der Waals surface area contributed by atoms with Crippen LogP contribution in [0.25, 0.3) is 5.78 Å². The number of piperidine rings is 1. The van der Waals surface area contributed by atoms with E-state index in [9.17, 15) is 13.2 Å². The Morgan fingerprint density at radius 2 is 2.04 bits per heavy atom. The molecule has 0 aromatic carbocycles. The zero-order valence-electron chi connectivity index (χ0n) is 13.1. The molecule has 2 aromatic heterocycles. The average molecular weight is 337 g/mol. The van der Waals surface area contributed by atoms with E-state index in [1.807, 2.05) is 0 Å². The summed E-state index contributed by atoms with van der Waals surface area (Å²) >= 11 is 0. The lowest BCUT2D eigenvalue weighted by atomic mass is 10.1. The Kier molecular flexibility index (Phi) is 4.07. The fourth-order valence-electron chi connectivity index (χ4n) is 2.86. The lowest BCUT2D eigenvalue weighted by molar-refractivity contribution is 0.0917. The van der Waals surface area contributed by atoms with Crippen LogP contribution in [0.1, 0.15) is 29.0 Å². The third kappa shape index (κ3) is 3.20. The summed E-state index contributed by atoms with van der Waals surface area (Å²) in [5, 5.41) is 2.98. The van der Waals surface area contributed by atoms with Crippen molar-refractivity contribution in [3.63, 3.8) is 0 Å². The first kappa shape index (κ1) is 15.9. The molecule has 0 bridgehead atoms. The van der Waals surface area contributed by atoms with E-state index in [4.69, 9.17) is 0 Å². The van der Waals surface area contributed by atoms with Gasteiger partial charge in [-0.25, -0.2) is 22.7 Å². The van der Waals surface area contributed by atoms with Crippen LogP contribution < -0.4 is 5.32 Å². The second-order valence-corrected chi connectivity index (χ2v) is 7.73.